The van der Waals surface area contributed by atoms with Crippen LogP contribution in [-0.4, -0.2) is 60.7 Å². The second kappa shape index (κ2) is 24.0. The molecule has 4 rings (SSSR count). The number of rotatable bonds is 6. The summed E-state index contributed by atoms with van der Waals surface area (Å²) in [5.41, 5.74) is 0. The van der Waals surface area contributed by atoms with Crippen LogP contribution >= 0.6 is 15.8 Å². The van der Waals surface area contributed by atoms with Crippen molar-refractivity contribution in [3.8, 4) is 0 Å². The first-order valence-corrected chi connectivity index (χ1v) is 18.8. The fourth-order valence-corrected chi connectivity index (χ4v) is 6.52. The molecule has 0 saturated carbocycles. The summed E-state index contributed by atoms with van der Waals surface area (Å²) in [6, 6.07) is 43.0. The Balaban J connectivity index is 0.000000559. The van der Waals surface area contributed by atoms with Gasteiger partial charge in [0.05, 0.1) is 50.4 Å². The first kappa shape index (κ1) is 40.6. The van der Waals surface area contributed by atoms with Crippen molar-refractivity contribution >= 4 is 87.6 Å². The molecule has 2 nitrogen and oxygen atoms in total. The Hall–Kier alpha value is -0.434. The minimum Gasteiger partial charge on any atom is -0.800 e. The SMILES string of the molecule is CN(C)C([S-])[S-].CN(C)C([S-])[S-].C[PH+](c1ccccc1)c1ccccc1.C[PH+](c1ccccc1)c1ccccc1.[Co]. The Morgan fingerprint density at radius 2 is 0.561 bits per heavy atom. The van der Waals surface area contributed by atoms with E-state index in [9.17, 15) is 0 Å². The summed E-state index contributed by atoms with van der Waals surface area (Å²) < 4.78 is -0.296. The van der Waals surface area contributed by atoms with Gasteiger partial charge in [0.25, 0.3) is 0 Å². The van der Waals surface area contributed by atoms with Crippen LogP contribution in [0.2, 0.25) is 0 Å². The number of nitrogens with zero attached hydrogens (tertiary/aromatic N) is 2. The summed E-state index contributed by atoms with van der Waals surface area (Å²) in [4.78, 5) is 3.59. The van der Waals surface area contributed by atoms with E-state index in [0.29, 0.717) is 0 Å². The van der Waals surface area contributed by atoms with Gasteiger partial charge in [-0.15, -0.1) is 0 Å². The average Bonchev–Trinajstić information content (AvgIpc) is 2.99. The first-order chi connectivity index (χ1) is 19.0. The molecule has 0 amide bonds. The molecule has 0 bridgehead atoms. The van der Waals surface area contributed by atoms with E-state index in [4.69, 9.17) is 0 Å². The summed E-state index contributed by atoms with van der Waals surface area (Å²) in [5.74, 6) is 0. The van der Waals surface area contributed by atoms with E-state index >= 15 is 0 Å². The van der Waals surface area contributed by atoms with Gasteiger partial charge < -0.3 is 60.3 Å². The third-order valence-corrected chi connectivity index (χ3v) is 12.2. The van der Waals surface area contributed by atoms with Gasteiger partial charge in [0.15, 0.2) is 0 Å². The molecular formula is C32H42CoN2P2S4-2. The molecule has 9 heteroatoms. The van der Waals surface area contributed by atoms with Gasteiger partial charge in [-0.1, -0.05) is 72.8 Å². The molecule has 41 heavy (non-hydrogen) atoms. The van der Waals surface area contributed by atoms with Gasteiger partial charge in [0.1, 0.15) is 0 Å². The van der Waals surface area contributed by atoms with Crippen molar-refractivity contribution in [2.75, 3.05) is 41.5 Å². The van der Waals surface area contributed by atoms with E-state index in [-0.39, 0.29) is 26.2 Å². The third kappa shape index (κ3) is 18.1. The van der Waals surface area contributed by atoms with Gasteiger partial charge in [0, 0.05) is 16.8 Å². The molecule has 0 unspecified atom stereocenters. The Morgan fingerprint density at radius 3 is 0.683 bits per heavy atom. The molecule has 4 aromatic rings. The Bertz CT molecular complexity index is 957. The van der Waals surface area contributed by atoms with Crippen molar-refractivity contribution in [2.45, 2.75) is 9.41 Å². The predicted molar refractivity (Wildman–Crippen MR) is 197 cm³/mol. The molecule has 0 fully saturated rings. The Kier molecular flexibility index (Phi) is 23.7. The molecule has 0 atom stereocenters. The van der Waals surface area contributed by atoms with Crippen molar-refractivity contribution in [1.29, 1.82) is 0 Å². The van der Waals surface area contributed by atoms with Gasteiger partial charge in [-0.05, 0) is 76.7 Å². The maximum Gasteiger partial charge on any atom is 0.0964 e. The molecule has 225 valence electrons. The normalized spacial score (nSPS) is 10.3. The van der Waals surface area contributed by atoms with Crippen LogP contribution in [0, 0.1) is 0 Å². The van der Waals surface area contributed by atoms with Crippen molar-refractivity contribution in [3.63, 3.8) is 0 Å². The van der Waals surface area contributed by atoms with Crippen LogP contribution in [0.15, 0.2) is 121 Å². The van der Waals surface area contributed by atoms with Crippen LogP contribution in [0.1, 0.15) is 0 Å². The van der Waals surface area contributed by atoms with Gasteiger partial charge in [-0.3, -0.25) is 0 Å². The molecule has 1 radical (unpaired) electrons. The van der Waals surface area contributed by atoms with Gasteiger partial charge in [0.2, 0.25) is 0 Å². The maximum absolute atomic E-state index is 4.64. The maximum atomic E-state index is 4.64. The molecule has 4 aromatic carbocycles. The topological polar surface area (TPSA) is 6.48 Å². The molecular weight excluding hydrogens is 662 g/mol. The summed E-state index contributed by atoms with van der Waals surface area (Å²) in [5, 5.41) is 5.90. The van der Waals surface area contributed by atoms with Crippen molar-refractivity contribution in [2.24, 2.45) is 0 Å². The van der Waals surface area contributed by atoms with E-state index in [1.54, 1.807) is 9.80 Å². The van der Waals surface area contributed by atoms with Crippen LogP contribution in [-0.2, 0) is 67.3 Å². The molecule has 0 N–H and O–H groups in total. The van der Waals surface area contributed by atoms with Crippen LogP contribution in [0.3, 0.4) is 0 Å². The minimum absolute atomic E-state index is 0. The summed E-state index contributed by atoms with van der Waals surface area (Å²) in [6.07, 6.45) is 0. The zero-order valence-electron chi connectivity index (χ0n) is 24.6. The molecule has 0 aromatic heterocycles. The van der Waals surface area contributed by atoms with Crippen molar-refractivity contribution in [3.05, 3.63) is 121 Å². The Morgan fingerprint density at radius 1 is 0.415 bits per heavy atom. The summed E-state index contributed by atoms with van der Waals surface area (Å²) in [6.45, 7) is 4.69. The molecule has 0 spiro atoms. The summed E-state index contributed by atoms with van der Waals surface area (Å²) >= 11 is 18.6. The monoisotopic (exact) mass is 703 g/mol. The van der Waals surface area contributed by atoms with E-state index < -0.39 is 15.8 Å². The van der Waals surface area contributed by atoms with Crippen LogP contribution in [0.4, 0.5) is 0 Å². The number of hydrogen-bond donors (Lipinski definition) is 0. The number of hydrogen-bond acceptors (Lipinski definition) is 6. The summed E-state index contributed by atoms with van der Waals surface area (Å²) in [7, 11) is 6.37. The van der Waals surface area contributed by atoms with Gasteiger partial charge in [-0.2, -0.15) is 0 Å². The van der Waals surface area contributed by atoms with Gasteiger partial charge in [-0.25, -0.2) is 9.41 Å². The molecule has 0 aliphatic rings. The van der Waals surface area contributed by atoms with Crippen molar-refractivity contribution in [1.82, 2.24) is 9.80 Å². The predicted octanol–water partition coefficient (Wildman–Crippen LogP) is 4.81. The Labute approximate surface area is 284 Å². The van der Waals surface area contributed by atoms with E-state index in [1.807, 2.05) is 28.2 Å². The van der Waals surface area contributed by atoms with E-state index in [2.05, 4.69) is 185 Å². The fourth-order valence-electron chi connectivity index (χ4n) is 3.09. The van der Waals surface area contributed by atoms with Crippen LogP contribution in [0.5, 0.6) is 0 Å². The minimum atomic E-state index is -0.545. The molecule has 0 saturated heterocycles. The van der Waals surface area contributed by atoms with Crippen LogP contribution < -0.4 is 21.2 Å². The largest absolute Gasteiger partial charge is 0.800 e. The average molecular weight is 704 g/mol. The van der Waals surface area contributed by atoms with E-state index in [1.165, 1.54) is 21.2 Å². The van der Waals surface area contributed by atoms with Crippen molar-refractivity contribution < 1.29 is 16.8 Å². The number of benzene rings is 4. The second-order valence-corrected chi connectivity index (χ2v) is 16.4. The standard InChI is InChI=1S/2C13H13P.2C3H9NS2.Co/c2*1-14(12-8-4-2-5-9-12)13-10-6-3-7-11-13;2*1-4(2)3(5)6;/h2*2-11H,1H3;2*3,5-6H,1-2H3;/p-2. The first-order valence-electron chi connectivity index (χ1n) is 12.9. The second-order valence-electron chi connectivity index (χ2n) is 9.26. The fraction of sp³-hybridized carbons (Fsp3) is 0.250. The zero-order chi connectivity index (χ0) is 29.9. The molecule has 0 aliphatic heterocycles. The quantitative estimate of drug-likeness (QED) is 0.209. The smallest absolute Gasteiger partial charge is 0.0964 e. The third-order valence-electron chi connectivity index (χ3n) is 5.67. The van der Waals surface area contributed by atoms with E-state index in [0.717, 1.165) is 0 Å². The molecule has 0 aliphatic carbocycles. The van der Waals surface area contributed by atoms with Gasteiger partial charge >= 0.3 is 0 Å². The van der Waals surface area contributed by atoms with Crippen LogP contribution in [0.25, 0.3) is 0 Å². The zero-order valence-corrected chi connectivity index (χ0v) is 30.9. The molecule has 0 heterocycles.